The van der Waals surface area contributed by atoms with Crippen LogP contribution in [0.5, 0.6) is 11.5 Å². The average molecular weight is 499 g/mol. The number of benzene rings is 4. The number of amides is 2. The molecule has 0 aliphatic heterocycles. The summed E-state index contributed by atoms with van der Waals surface area (Å²) in [4.78, 5) is 27.2. The van der Waals surface area contributed by atoms with Gasteiger partial charge in [0.1, 0.15) is 16.7 Å². The maximum atomic E-state index is 13.5. The molecule has 0 saturated carbocycles. The Kier molecular flexibility index (Phi) is 8.26. The van der Waals surface area contributed by atoms with Crippen LogP contribution in [-0.4, -0.2) is 26.0 Å². The van der Waals surface area contributed by atoms with Crippen LogP contribution in [0.4, 0.5) is 11.4 Å². The summed E-state index contributed by atoms with van der Waals surface area (Å²) in [5.41, 5.74) is 2.26. The molecule has 4 aromatic carbocycles. The fourth-order valence-electron chi connectivity index (χ4n) is 3.61. The van der Waals surface area contributed by atoms with Crippen molar-refractivity contribution in [3.05, 3.63) is 114 Å². The van der Waals surface area contributed by atoms with Crippen molar-refractivity contribution >= 4 is 35.0 Å². The number of ether oxygens (including phenoxy) is 2. The van der Waals surface area contributed by atoms with E-state index >= 15 is 0 Å². The molecule has 0 saturated heterocycles. The van der Waals surface area contributed by atoms with E-state index in [1.165, 1.54) is 26.0 Å². The summed E-state index contributed by atoms with van der Waals surface area (Å²) in [6.45, 7) is 0. The summed E-state index contributed by atoms with van der Waals surface area (Å²) in [7, 11) is 3.01. The molecule has 0 radical (unpaired) electrons. The van der Waals surface area contributed by atoms with Gasteiger partial charge in [-0.3, -0.25) is 9.59 Å². The van der Waals surface area contributed by atoms with E-state index in [4.69, 9.17) is 9.47 Å². The van der Waals surface area contributed by atoms with Gasteiger partial charge in [0.05, 0.1) is 25.6 Å². The third kappa shape index (κ3) is 6.06. The molecule has 2 amide bonds. The van der Waals surface area contributed by atoms with Crippen molar-refractivity contribution < 1.29 is 19.1 Å². The van der Waals surface area contributed by atoms with Gasteiger partial charge in [-0.25, -0.2) is 0 Å². The van der Waals surface area contributed by atoms with Crippen molar-refractivity contribution in [1.82, 2.24) is 0 Å². The summed E-state index contributed by atoms with van der Waals surface area (Å²) in [6, 6.07) is 31.5. The zero-order valence-corrected chi connectivity index (χ0v) is 20.8. The standard InChI is InChI=1S/C29H26N2O4S/c1-34-25-19-24(26(35-2)18-23(25)30-28(32)21-14-8-4-9-15-21)31-29(33)27(20-12-6-3-7-13-20)36-22-16-10-5-11-17-22/h3-19,27H,1-2H3,(H,30,32)(H,31,33)/t27-/m0/s1. The largest absolute Gasteiger partial charge is 0.494 e. The predicted octanol–water partition coefficient (Wildman–Crippen LogP) is 6.43. The second kappa shape index (κ2) is 12.0. The Bertz CT molecular complexity index is 1320. The average Bonchev–Trinajstić information content (AvgIpc) is 2.93. The van der Waals surface area contributed by atoms with Crippen molar-refractivity contribution in [2.75, 3.05) is 24.9 Å². The number of carbonyl (C=O) groups is 2. The predicted molar refractivity (Wildman–Crippen MR) is 144 cm³/mol. The van der Waals surface area contributed by atoms with Crippen LogP contribution in [-0.2, 0) is 4.79 Å². The highest BCUT2D eigenvalue weighted by atomic mass is 32.2. The summed E-state index contributed by atoms with van der Waals surface area (Å²) in [5.74, 6) is 0.291. The Labute approximate surface area is 214 Å². The third-order valence-electron chi connectivity index (χ3n) is 5.40. The first-order chi connectivity index (χ1) is 17.6. The number of rotatable bonds is 9. The first-order valence-corrected chi connectivity index (χ1v) is 12.2. The molecule has 182 valence electrons. The molecule has 36 heavy (non-hydrogen) atoms. The van der Waals surface area contributed by atoms with Crippen LogP contribution in [0.2, 0.25) is 0 Å². The first-order valence-electron chi connectivity index (χ1n) is 11.3. The molecule has 0 aliphatic rings. The monoisotopic (exact) mass is 498 g/mol. The lowest BCUT2D eigenvalue weighted by molar-refractivity contribution is -0.115. The Morgan fingerprint density at radius 1 is 0.694 bits per heavy atom. The number of hydrogen-bond donors (Lipinski definition) is 2. The van der Waals surface area contributed by atoms with Crippen molar-refractivity contribution in [2.45, 2.75) is 10.1 Å². The van der Waals surface area contributed by atoms with E-state index in [0.717, 1.165) is 10.5 Å². The Morgan fingerprint density at radius 2 is 1.19 bits per heavy atom. The lowest BCUT2D eigenvalue weighted by Crippen LogP contribution is -2.20. The van der Waals surface area contributed by atoms with Crippen molar-refractivity contribution in [3.63, 3.8) is 0 Å². The van der Waals surface area contributed by atoms with E-state index in [1.54, 1.807) is 36.4 Å². The summed E-state index contributed by atoms with van der Waals surface area (Å²) in [5, 5.41) is 5.34. The fraction of sp³-hybridized carbons (Fsp3) is 0.103. The van der Waals surface area contributed by atoms with Crippen LogP contribution in [0.25, 0.3) is 0 Å². The Hall–Kier alpha value is -4.23. The van der Waals surface area contributed by atoms with E-state index in [2.05, 4.69) is 10.6 Å². The minimum Gasteiger partial charge on any atom is -0.494 e. The first kappa shape index (κ1) is 24.9. The molecule has 2 N–H and O–H groups in total. The quantitative estimate of drug-likeness (QED) is 0.260. The number of methoxy groups -OCH3 is 2. The van der Waals surface area contributed by atoms with Crippen LogP contribution in [0.3, 0.4) is 0 Å². The number of hydrogen-bond acceptors (Lipinski definition) is 5. The van der Waals surface area contributed by atoms with Gasteiger partial charge in [0.2, 0.25) is 5.91 Å². The Balaban J connectivity index is 1.61. The fourth-order valence-corrected chi connectivity index (χ4v) is 4.66. The van der Waals surface area contributed by atoms with E-state index in [0.29, 0.717) is 28.4 Å². The second-order valence-electron chi connectivity index (χ2n) is 7.78. The molecule has 0 aliphatic carbocycles. The van der Waals surface area contributed by atoms with Crippen LogP contribution in [0.15, 0.2) is 108 Å². The highest BCUT2D eigenvalue weighted by molar-refractivity contribution is 8.00. The SMILES string of the molecule is COc1cc(NC(=O)[C@@H](Sc2ccccc2)c2ccccc2)c(OC)cc1NC(=O)c1ccccc1. The van der Waals surface area contributed by atoms with Gasteiger partial charge in [-0.2, -0.15) is 0 Å². The number of nitrogens with one attached hydrogen (secondary N) is 2. The molecule has 7 heteroatoms. The molecule has 4 aromatic rings. The van der Waals surface area contributed by atoms with Crippen LogP contribution in [0, 0.1) is 0 Å². The van der Waals surface area contributed by atoms with Gasteiger partial charge in [-0.05, 0) is 29.8 Å². The van der Waals surface area contributed by atoms with Crippen LogP contribution in [0.1, 0.15) is 21.2 Å². The number of carbonyl (C=O) groups excluding carboxylic acids is 2. The van der Waals surface area contributed by atoms with Gasteiger partial charge >= 0.3 is 0 Å². The van der Waals surface area contributed by atoms with Gasteiger partial charge in [0, 0.05) is 22.6 Å². The number of thioether (sulfide) groups is 1. The van der Waals surface area contributed by atoms with E-state index < -0.39 is 5.25 Å². The number of anilines is 2. The molecule has 4 rings (SSSR count). The van der Waals surface area contributed by atoms with Gasteiger partial charge in [-0.15, -0.1) is 11.8 Å². The van der Waals surface area contributed by atoms with Gasteiger partial charge < -0.3 is 20.1 Å². The molecular weight excluding hydrogens is 472 g/mol. The molecule has 0 spiro atoms. The molecule has 6 nitrogen and oxygen atoms in total. The molecule has 0 bridgehead atoms. The van der Waals surface area contributed by atoms with Crippen molar-refractivity contribution in [1.29, 1.82) is 0 Å². The van der Waals surface area contributed by atoms with E-state index in [-0.39, 0.29) is 11.8 Å². The zero-order chi connectivity index (χ0) is 25.3. The second-order valence-corrected chi connectivity index (χ2v) is 8.96. The van der Waals surface area contributed by atoms with Crippen molar-refractivity contribution in [2.24, 2.45) is 0 Å². The minimum absolute atomic E-state index is 0.212. The van der Waals surface area contributed by atoms with Crippen molar-refractivity contribution in [3.8, 4) is 11.5 Å². The highest BCUT2D eigenvalue weighted by Gasteiger charge is 2.24. The summed E-state index contributed by atoms with van der Waals surface area (Å²) >= 11 is 1.46. The van der Waals surface area contributed by atoms with Crippen LogP contribution >= 0.6 is 11.8 Å². The highest BCUT2D eigenvalue weighted by Crippen LogP contribution is 2.40. The zero-order valence-electron chi connectivity index (χ0n) is 19.9. The smallest absolute Gasteiger partial charge is 0.255 e. The summed E-state index contributed by atoms with van der Waals surface area (Å²) in [6.07, 6.45) is 0. The van der Waals surface area contributed by atoms with Crippen LogP contribution < -0.4 is 20.1 Å². The van der Waals surface area contributed by atoms with Gasteiger partial charge in [0.15, 0.2) is 0 Å². The molecular formula is C29H26N2O4S. The van der Waals surface area contributed by atoms with E-state index in [1.807, 2.05) is 66.7 Å². The lowest BCUT2D eigenvalue weighted by atomic mass is 10.1. The topological polar surface area (TPSA) is 76.7 Å². The molecule has 0 heterocycles. The van der Waals surface area contributed by atoms with Gasteiger partial charge in [-0.1, -0.05) is 66.7 Å². The maximum Gasteiger partial charge on any atom is 0.255 e. The third-order valence-corrected chi connectivity index (χ3v) is 6.67. The summed E-state index contributed by atoms with van der Waals surface area (Å²) < 4.78 is 11.1. The minimum atomic E-state index is -0.498. The maximum absolute atomic E-state index is 13.5. The normalized spacial score (nSPS) is 11.3. The Morgan fingerprint density at radius 3 is 1.75 bits per heavy atom. The van der Waals surface area contributed by atoms with E-state index in [9.17, 15) is 9.59 Å². The lowest BCUT2D eigenvalue weighted by Gasteiger charge is -2.20. The van der Waals surface area contributed by atoms with Gasteiger partial charge in [0.25, 0.3) is 5.91 Å². The molecule has 0 fully saturated rings. The molecule has 0 unspecified atom stereocenters. The molecule has 1 atom stereocenters. The molecule has 0 aromatic heterocycles.